The van der Waals surface area contributed by atoms with E-state index in [2.05, 4.69) is 15.3 Å². The van der Waals surface area contributed by atoms with Crippen LogP contribution in [0.15, 0.2) is 84.0 Å². The summed E-state index contributed by atoms with van der Waals surface area (Å²) in [4.78, 5) is 8.58. The minimum absolute atomic E-state index is 0.264. The molecule has 4 rings (SSSR count). The first kappa shape index (κ1) is 18.7. The number of nitrogens with zero attached hydrogens (tertiary/aromatic N) is 2. The van der Waals surface area contributed by atoms with Crippen molar-refractivity contribution in [1.82, 2.24) is 10.3 Å². The van der Waals surface area contributed by atoms with Gasteiger partial charge in [0.1, 0.15) is 11.5 Å². The smallest absolute Gasteiger partial charge is 0.195 e. The van der Waals surface area contributed by atoms with Gasteiger partial charge in [0.25, 0.3) is 0 Å². The summed E-state index contributed by atoms with van der Waals surface area (Å²) in [7, 11) is 0. The molecule has 0 saturated heterocycles. The summed E-state index contributed by atoms with van der Waals surface area (Å²) < 4.78 is 5.88. The lowest BCUT2D eigenvalue weighted by molar-refractivity contribution is 0.479. The first-order chi connectivity index (χ1) is 14.1. The molecular weight excluding hydrogens is 364 g/mol. The topological polar surface area (TPSA) is 125 Å². The fourth-order valence-corrected chi connectivity index (χ4v) is 3.13. The number of aliphatic imine (C=N–C) groups is 1. The summed E-state index contributed by atoms with van der Waals surface area (Å²) in [6.07, 6.45) is 3.54. The predicted molar refractivity (Wildman–Crippen MR) is 114 cm³/mol. The highest BCUT2D eigenvalue weighted by molar-refractivity contribution is 5.90. The Morgan fingerprint density at radius 1 is 0.966 bits per heavy atom. The van der Waals surface area contributed by atoms with Crippen LogP contribution in [0.2, 0.25) is 0 Å². The number of hydrogen-bond donors (Lipinski definition) is 4. The maximum Gasteiger partial charge on any atom is 0.195 e. The number of pyridine rings is 1. The average molecular weight is 386 g/mol. The molecule has 2 heterocycles. The summed E-state index contributed by atoms with van der Waals surface area (Å²) in [5.74, 6) is 1.61. The molecule has 1 aliphatic rings. The van der Waals surface area contributed by atoms with Gasteiger partial charge in [-0.1, -0.05) is 42.5 Å². The molecule has 0 amide bonds. The largest absolute Gasteiger partial charge is 0.457 e. The molecule has 0 radical (unpaired) electrons. The van der Waals surface area contributed by atoms with Crippen LogP contribution < -0.4 is 27.3 Å². The van der Waals surface area contributed by atoms with E-state index in [9.17, 15) is 0 Å². The van der Waals surface area contributed by atoms with Gasteiger partial charge in [-0.15, -0.1) is 0 Å². The van der Waals surface area contributed by atoms with Gasteiger partial charge in [0.15, 0.2) is 11.6 Å². The molecule has 1 aliphatic heterocycles. The Bertz CT molecular complexity index is 1060. The van der Waals surface area contributed by atoms with Gasteiger partial charge in [-0.05, 0) is 35.4 Å². The van der Waals surface area contributed by atoms with E-state index in [1.807, 2.05) is 66.7 Å². The Kier molecular flexibility index (Phi) is 4.99. The standard InChI is InChI=1S/C22H22N6O/c23-14-17-12-19(10-11-26-17)29-18-8-6-16(7-9-18)22(25)13-20(27-21(24)28-22)15-4-2-1-3-5-15/h1-13H,14,23,25H2,(H3,24,27,28). The molecule has 0 bridgehead atoms. The lowest BCUT2D eigenvalue weighted by atomic mass is 9.96. The second kappa shape index (κ2) is 7.75. The van der Waals surface area contributed by atoms with Gasteiger partial charge in [0.2, 0.25) is 0 Å². The lowest BCUT2D eigenvalue weighted by Gasteiger charge is -2.29. The van der Waals surface area contributed by atoms with Gasteiger partial charge in [-0.2, -0.15) is 0 Å². The summed E-state index contributed by atoms with van der Waals surface area (Å²) in [6.45, 7) is 0.357. The molecule has 146 valence electrons. The van der Waals surface area contributed by atoms with Crippen LogP contribution in [0.5, 0.6) is 11.5 Å². The predicted octanol–water partition coefficient (Wildman–Crippen LogP) is 2.40. The molecule has 2 aromatic carbocycles. The van der Waals surface area contributed by atoms with Crippen LogP contribution in [0.3, 0.4) is 0 Å². The molecule has 29 heavy (non-hydrogen) atoms. The Hall–Kier alpha value is -3.68. The Labute approximate surface area is 168 Å². The van der Waals surface area contributed by atoms with Crippen LogP contribution in [0, 0.1) is 0 Å². The molecule has 1 unspecified atom stereocenters. The van der Waals surface area contributed by atoms with E-state index in [-0.39, 0.29) is 5.96 Å². The van der Waals surface area contributed by atoms with Crippen molar-refractivity contribution in [3.8, 4) is 11.5 Å². The summed E-state index contributed by atoms with van der Waals surface area (Å²) in [5, 5.41) is 3.08. The zero-order chi connectivity index (χ0) is 20.3. The molecule has 7 nitrogen and oxygen atoms in total. The normalized spacial score (nSPS) is 18.4. The Balaban J connectivity index is 1.60. The third kappa shape index (κ3) is 4.11. The van der Waals surface area contributed by atoms with E-state index in [1.165, 1.54) is 0 Å². The van der Waals surface area contributed by atoms with E-state index < -0.39 is 5.66 Å². The number of guanidine groups is 1. The molecule has 7 heteroatoms. The summed E-state index contributed by atoms with van der Waals surface area (Å²) in [6, 6.07) is 20.9. The quantitative estimate of drug-likeness (QED) is 0.534. The molecule has 0 aliphatic carbocycles. The number of rotatable bonds is 5. The van der Waals surface area contributed by atoms with Gasteiger partial charge in [0, 0.05) is 24.5 Å². The van der Waals surface area contributed by atoms with Crippen LogP contribution in [0.1, 0.15) is 16.8 Å². The Morgan fingerprint density at radius 2 is 1.72 bits per heavy atom. The summed E-state index contributed by atoms with van der Waals surface area (Å²) >= 11 is 0. The van der Waals surface area contributed by atoms with Crippen molar-refractivity contribution in [3.05, 3.63) is 95.8 Å². The minimum Gasteiger partial charge on any atom is -0.457 e. The van der Waals surface area contributed by atoms with Crippen LogP contribution in [0.25, 0.3) is 5.70 Å². The molecule has 1 aromatic heterocycles. The molecule has 0 spiro atoms. The average Bonchev–Trinajstić information content (AvgIpc) is 2.74. The van der Waals surface area contributed by atoms with Crippen LogP contribution in [-0.2, 0) is 12.2 Å². The maximum absolute atomic E-state index is 6.59. The van der Waals surface area contributed by atoms with E-state index in [4.69, 9.17) is 21.9 Å². The molecule has 7 N–H and O–H groups in total. The monoisotopic (exact) mass is 386 g/mol. The first-order valence-corrected chi connectivity index (χ1v) is 9.19. The van der Waals surface area contributed by atoms with E-state index >= 15 is 0 Å². The minimum atomic E-state index is -1.08. The zero-order valence-electron chi connectivity index (χ0n) is 15.7. The molecule has 1 atom stereocenters. The van der Waals surface area contributed by atoms with Crippen LogP contribution >= 0.6 is 0 Å². The number of aromatic nitrogens is 1. The molecule has 0 fully saturated rings. The maximum atomic E-state index is 6.59. The van der Waals surface area contributed by atoms with Crippen molar-refractivity contribution in [2.45, 2.75) is 12.2 Å². The second-order valence-electron chi connectivity index (χ2n) is 6.68. The van der Waals surface area contributed by atoms with Gasteiger partial charge in [-0.25, -0.2) is 4.99 Å². The fraction of sp³-hybridized carbons (Fsp3) is 0.0909. The fourth-order valence-electron chi connectivity index (χ4n) is 3.13. The van der Waals surface area contributed by atoms with Crippen molar-refractivity contribution in [2.24, 2.45) is 22.2 Å². The lowest BCUT2D eigenvalue weighted by Crippen LogP contribution is -2.44. The summed E-state index contributed by atoms with van der Waals surface area (Å²) in [5.41, 5.74) is 20.5. The zero-order valence-corrected chi connectivity index (χ0v) is 15.7. The first-order valence-electron chi connectivity index (χ1n) is 9.19. The van der Waals surface area contributed by atoms with E-state index in [0.717, 1.165) is 22.5 Å². The van der Waals surface area contributed by atoms with Crippen molar-refractivity contribution in [2.75, 3.05) is 0 Å². The Morgan fingerprint density at radius 3 is 2.45 bits per heavy atom. The third-order valence-corrected chi connectivity index (χ3v) is 4.57. The number of ether oxygens (including phenoxy) is 1. The molecule has 3 aromatic rings. The number of nitrogens with two attached hydrogens (primary N) is 3. The van der Waals surface area contributed by atoms with Crippen molar-refractivity contribution in [3.63, 3.8) is 0 Å². The third-order valence-electron chi connectivity index (χ3n) is 4.57. The highest BCUT2D eigenvalue weighted by Crippen LogP contribution is 2.30. The van der Waals surface area contributed by atoms with Crippen molar-refractivity contribution in [1.29, 1.82) is 0 Å². The number of nitrogens with one attached hydrogen (secondary N) is 1. The van der Waals surface area contributed by atoms with Crippen molar-refractivity contribution < 1.29 is 4.74 Å². The highest BCUT2D eigenvalue weighted by Gasteiger charge is 2.29. The van der Waals surface area contributed by atoms with Gasteiger partial charge >= 0.3 is 0 Å². The van der Waals surface area contributed by atoms with E-state index in [1.54, 1.807) is 12.3 Å². The van der Waals surface area contributed by atoms with E-state index in [0.29, 0.717) is 18.0 Å². The van der Waals surface area contributed by atoms with Crippen LogP contribution in [0.4, 0.5) is 0 Å². The second-order valence-corrected chi connectivity index (χ2v) is 6.68. The van der Waals surface area contributed by atoms with Gasteiger partial charge in [0.05, 0.1) is 5.69 Å². The van der Waals surface area contributed by atoms with Crippen LogP contribution in [-0.4, -0.2) is 10.9 Å². The SMILES string of the molecule is NCc1cc(Oc2ccc(C3(N)C=C(c4ccccc4)NC(N)=N3)cc2)ccn1. The van der Waals surface area contributed by atoms with Gasteiger partial charge < -0.3 is 21.5 Å². The molecule has 0 saturated carbocycles. The molecular formula is C22H22N6O. The number of benzene rings is 2. The van der Waals surface area contributed by atoms with Gasteiger partial charge in [-0.3, -0.25) is 10.7 Å². The highest BCUT2D eigenvalue weighted by atomic mass is 16.5. The van der Waals surface area contributed by atoms with Crippen molar-refractivity contribution >= 4 is 11.7 Å². The number of hydrogen-bond acceptors (Lipinski definition) is 7.